The summed E-state index contributed by atoms with van der Waals surface area (Å²) in [6.45, 7) is 4.82. The topological polar surface area (TPSA) is 111 Å². The van der Waals surface area contributed by atoms with E-state index in [1.807, 2.05) is 21.1 Å². The zero-order chi connectivity index (χ0) is 70.4. The summed E-state index contributed by atoms with van der Waals surface area (Å²) in [6.07, 6.45) is 100. The molecule has 0 N–H and O–H groups in total. The molecule has 2 unspecified atom stereocenters. The minimum Gasteiger partial charge on any atom is -0.545 e. The van der Waals surface area contributed by atoms with Gasteiger partial charge in [-0.3, -0.25) is 9.59 Å². The van der Waals surface area contributed by atoms with Gasteiger partial charge < -0.3 is 33.3 Å². The number of carbonyl (C=O) groups excluding carboxylic acids is 3. The number of rotatable bonds is 82. The Kier molecular flexibility index (Phi) is 77.2. The van der Waals surface area contributed by atoms with Crippen molar-refractivity contribution in [2.45, 2.75) is 463 Å². The number of likely N-dealkylation sites (N-methyl/N-ethyl adjacent to an activating group) is 1. The molecule has 0 aliphatic rings. The third-order valence-corrected chi connectivity index (χ3v) is 19.9. The lowest BCUT2D eigenvalue weighted by Gasteiger charge is -2.26. The molecule has 0 bridgehead atoms. The minimum atomic E-state index is -1.62. The number of unbranched alkanes of at least 4 members (excludes halogenated alkanes) is 61. The van der Waals surface area contributed by atoms with Crippen LogP contribution in [0.15, 0.2) is 36.5 Å². The molecule has 0 radical (unpaired) electrons. The number of carboxylic acid groups (broad SMARTS) is 1. The standard InChI is InChI=1S/C88H167NO8/c1-6-8-10-12-14-16-18-20-22-24-26-28-30-32-34-36-38-39-40-41-42-43-44-45-46-47-49-50-52-54-56-58-60-62-64-66-68-70-72-74-76-78-85(90)95-82-84(83-96-88(87(92)93)94-81-80-89(3,4)5)97-86(91)79-77-75-73-71-69-67-65-63-61-59-57-55-53-51-48-37-35-33-31-29-27-25-23-21-19-17-15-13-11-9-7-2/h19,21,25,27,31,33,84,88H,6-18,20,22-24,26,28-30,32,34-83H2,1-5H3/b21-19-,27-25-,33-31-. The SMILES string of the molecule is CCCCCCC/C=C\C/C=C\C/C=C\CCCCCCCCCCCCCCCCCCC(=O)OC(COC(=O)CCCCCCCCCCCCCCCCCCCCCCCCCCCCCCCCCCCCCCCCCCC)COC(OCC[N+](C)(C)C)C(=O)[O-]. The predicted molar refractivity (Wildman–Crippen MR) is 417 cm³/mol. The van der Waals surface area contributed by atoms with Gasteiger partial charge in [-0.2, -0.15) is 0 Å². The molecule has 0 aromatic carbocycles. The third-order valence-electron chi connectivity index (χ3n) is 19.9. The van der Waals surface area contributed by atoms with Crippen molar-refractivity contribution in [3.63, 3.8) is 0 Å². The maximum atomic E-state index is 13.0. The molecule has 0 rings (SSSR count). The highest BCUT2D eigenvalue weighted by Gasteiger charge is 2.22. The third kappa shape index (κ3) is 80.7. The Balaban J connectivity index is 3.90. The molecule has 0 heterocycles. The van der Waals surface area contributed by atoms with Crippen molar-refractivity contribution in [1.29, 1.82) is 0 Å². The van der Waals surface area contributed by atoms with Gasteiger partial charge in [0.15, 0.2) is 12.4 Å². The van der Waals surface area contributed by atoms with Crippen LogP contribution in [-0.2, 0) is 33.3 Å². The van der Waals surface area contributed by atoms with E-state index in [-0.39, 0.29) is 32.2 Å². The van der Waals surface area contributed by atoms with Crippen LogP contribution in [-0.4, -0.2) is 82.3 Å². The van der Waals surface area contributed by atoms with Gasteiger partial charge in [0.05, 0.1) is 40.3 Å². The molecule has 2 atom stereocenters. The van der Waals surface area contributed by atoms with Gasteiger partial charge in [0.25, 0.3) is 0 Å². The predicted octanol–water partition coefficient (Wildman–Crippen LogP) is 26.5. The number of aliphatic carboxylic acids is 1. The highest BCUT2D eigenvalue weighted by Crippen LogP contribution is 2.21. The Bertz CT molecular complexity index is 1690. The van der Waals surface area contributed by atoms with Crippen molar-refractivity contribution in [3.05, 3.63) is 36.5 Å². The van der Waals surface area contributed by atoms with Crippen LogP contribution in [0, 0.1) is 0 Å². The van der Waals surface area contributed by atoms with Gasteiger partial charge in [0.2, 0.25) is 0 Å². The van der Waals surface area contributed by atoms with Gasteiger partial charge in [-0.05, 0) is 51.4 Å². The molecular formula is C88H167NO8. The quantitative estimate of drug-likeness (QED) is 0.0195. The summed E-state index contributed by atoms with van der Waals surface area (Å²) in [4.78, 5) is 37.6. The van der Waals surface area contributed by atoms with Gasteiger partial charge in [0, 0.05) is 12.8 Å². The Hall–Kier alpha value is -2.49. The lowest BCUT2D eigenvalue weighted by molar-refractivity contribution is -0.870. The smallest absolute Gasteiger partial charge is 0.306 e. The Labute approximate surface area is 604 Å². The zero-order valence-electron chi connectivity index (χ0n) is 65.7. The lowest BCUT2D eigenvalue weighted by atomic mass is 10.0. The summed E-state index contributed by atoms with van der Waals surface area (Å²) < 4.78 is 22.9. The second-order valence-electron chi connectivity index (χ2n) is 30.8. The fourth-order valence-electron chi connectivity index (χ4n) is 13.3. The fraction of sp³-hybridized carbons (Fsp3) is 0.898. The first-order chi connectivity index (χ1) is 47.6. The number of hydrogen-bond donors (Lipinski definition) is 0. The van der Waals surface area contributed by atoms with Crippen LogP contribution in [0.3, 0.4) is 0 Å². The van der Waals surface area contributed by atoms with Gasteiger partial charge in [-0.15, -0.1) is 0 Å². The van der Waals surface area contributed by atoms with Crippen LogP contribution in [0.25, 0.3) is 0 Å². The molecule has 0 saturated heterocycles. The van der Waals surface area contributed by atoms with E-state index in [1.165, 1.54) is 372 Å². The first-order valence-electron chi connectivity index (χ1n) is 43.1. The van der Waals surface area contributed by atoms with Crippen LogP contribution in [0.1, 0.15) is 450 Å². The molecule has 0 aliphatic heterocycles. The van der Waals surface area contributed by atoms with Crippen LogP contribution in [0.2, 0.25) is 0 Å². The number of quaternary nitrogens is 1. The van der Waals surface area contributed by atoms with Crippen molar-refractivity contribution < 1.29 is 42.9 Å². The Morgan fingerprint density at radius 3 is 0.825 bits per heavy atom. The minimum absolute atomic E-state index is 0.151. The van der Waals surface area contributed by atoms with Crippen molar-refractivity contribution in [2.24, 2.45) is 0 Å². The maximum absolute atomic E-state index is 13.0. The van der Waals surface area contributed by atoms with E-state index in [2.05, 4.69) is 50.3 Å². The van der Waals surface area contributed by atoms with Crippen molar-refractivity contribution in [3.8, 4) is 0 Å². The van der Waals surface area contributed by atoms with Gasteiger partial charge in [-0.1, -0.05) is 423 Å². The van der Waals surface area contributed by atoms with Gasteiger partial charge >= 0.3 is 11.9 Å². The summed E-state index contributed by atoms with van der Waals surface area (Å²) in [5.41, 5.74) is 0. The summed E-state index contributed by atoms with van der Waals surface area (Å²) in [5, 5.41) is 11.9. The van der Waals surface area contributed by atoms with Crippen LogP contribution < -0.4 is 5.11 Å². The molecule has 0 aromatic heterocycles. The van der Waals surface area contributed by atoms with E-state index in [1.54, 1.807) is 0 Å². The van der Waals surface area contributed by atoms with Crippen LogP contribution >= 0.6 is 0 Å². The molecule has 9 nitrogen and oxygen atoms in total. The molecule has 97 heavy (non-hydrogen) atoms. The van der Waals surface area contributed by atoms with Crippen molar-refractivity contribution in [2.75, 3.05) is 47.5 Å². The van der Waals surface area contributed by atoms with E-state index in [0.29, 0.717) is 23.9 Å². The average Bonchev–Trinajstić information content (AvgIpc) is 2.39. The normalized spacial score (nSPS) is 12.7. The molecule has 0 spiro atoms. The molecule has 0 fully saturated rings. The number of hydrogen-bond acceptors (Lipinski definition) is 8. The largest absolute Gasteiger partial charge is 0.545 e. The number of carbonyl (C=O) groups is 3. The number of carboxylic acids is 1. The Morgan fingerprint density at radius 2 is 0.557 bits per heavy atom. The molecule has 572 valence electrons. The van der Waals surface area contributed by atoms with Gasteiger partial charge in [0.1, 0.15) is 13.2 Å². The summed E-state index contributed by atoms with van der Waals surface area (Å²) >= 11 is 0. The monoisotopic (exact) mass is 1370 g/mol. The van der Waals surface area contributed by atoms with E-state index >= 15 is 0 Å². The van der Waals surface area contributed by atoms with E-state index in [9.17, 15) is 19.5 Å². The van der Waals surface area contributed by atoms with Crippen LogP contribution in [0.5, 0.6) is 0 Å². The van der Waals surface area contributed by atoms with Crippen molar-refractivity contribution in [1.82, 2.24) is 0 Å². The first-order valence-corrected chi connectivity index (χ1v) is 43.1. The summed E-state index contributed by atoms with van der Waals surface area (Å²) in [5.74, 6) is -2.25. The molecular weight excluding hydrogens is 1200 g/mol. The highest BCUT2D eigenvalue weighted by atomic mass is 16.7. The molecule has 0 aromatic rings. The first kappa shape index (κ1) is 94.5. The number of nitrogens with zero attached hydrogens (tertiary/aromatic N) is 1. The second kappa shape index (κ2) is 79.2. The van der Waals surface area contributed by atoms with Crippen molar-refractivity contribution >= 4 is 17.9 Å². The molecule has 0 saturated carbocycles. The summed E-state index contributed by atoms with van der Waals surface area (Å²) in [6, 6.07) is 0. The molecule has 0 amide bonds. The van der Waals surface area contributed by atoms with E-state index in [0.717, 1.165) is 44.9 Å². The van der Waals surface area contributed by atoms with Crippen LogP contribution in [0.4, 0.5) is 0 Å². The average molecular weight is 1370 g/mol. The number of esters is 2. The fourth-order valence-corrected chi connectivity index (χ4v) is 13.3. The second-order valence-corrected chi connectivity index (χ2v) is 30.8. The number of ether oxygens (including phenoxy) is 4. The van der Waals surface area contributed by atoms with E-state index in [4.69, 9.17) is 18.9 Å². The lowest BCUT2D eigenvalue weighted by Crippen LogP contribution is -2.44. The number of allylic oxidation sites excluding steroid dienone is 6. The highest BCUT2D eigenvalue weighted by molar-refractivity contribution is 5.70. The van der Waals surface area contributed by atoms with Gasteiger partial charge in [-0.25, -0.2) is 0 Å². The maximum Gasteiger partial charge on any atom is 0.306 e. The molecule has 0 aliphatic carbocycles. The van der Waals surface area contributed by atoms with E-state index < -0.39 is 24.3 Å². The Morgan fingerprint density at radius 1 is 0.309 bits per heavy atom. The summed E-state index contributed by atoms with van der Waals surface area (Å²) in [7, 11) is 5.95. The zero-order valence-corrected chi connectivity index (χ0v) is 65.7. The molecule has 9 heteroatoms.